The lowest BCUT2D eigenvalue weighted by atomic mass is 9.98. The van der Waals surface area contributed by atoms with E-state index in [0.29, 0.717) is 11.7 Å². The zero-order valence-electron chi connectivity index (χ0n) is 10.0. The van der Waals surface area contributed by atoms with E-state index in [1.807, 2.05) is 13.8 Å². The predicted octanol–water partition coefficient (Wildman–Crippen LogP) is 2.49. The Morgan fingerprint density at radius 3 is 2.75 bits per heavy atom. The van der Waals surface area contributed by atoms with Gasteiger partial charge < -0.3 is 18.8 Å². The molecule has 5 heteroatoms. The molecule has 0 radical (unpaired) electrons. The van der Waals surface area contributed by atoms with Crippen LogP contribution in [0.15, 0.2) is 0 Å². The molecule has 16 heavy (non-hydrogen) atoms. The molecule has 1 N–H and O–H groups in total. The van der Waals surface area contributed by atoms with Gasteiger partial charge in [-0.1, -0.05) is 6.92 Å². The molecule has 2 rings (SSSR count). The SMILES string of the molecule is CCC(CSO)[C@@H]1C[C@H]2OC(C)(C)O[C@H]2O1. The minimum Gasteiger partial charge on any atom is -0.346 e. The molecule has 2 aliphatic heterocycles. The summed E-state index contributed by atoms with van der Waals surface area (Å²) in [6.07, 6.45) is 1.85. The quantitative estimate of drug-likeness (QED) is 0.774. The fourth-order valence-electron chi connectivity index (χ4n) is 2.42. The average Bonchev–Trinajstić information content (AvgIpc) is 2.67. The van der Waals surface area contributed by atoms with Crippen molar-refractivity contribution in [2.45, 2.75) is 57.9 Å². The van der Waals surface area contributed by atoms with Crippen molar-refractivity contribution in [1.82, 2.24) is 0 Å². The van der Waals surface area contributed by atoms with Crippen molar-refractivity contribution in [2.75, 3.05) is 5.75 Å². The summed E-state index contributed by atoms with van der Waals surface area (Å²) in [4.78, 5) is 0. The minimum atomic E-state index is -0.520. The van der Waals surface area contributed by atoms with Crippen LogP contribution in [0.5, 0.6) is 0 Å². The van der Waals surface area contributed by atoms with Gasteiger partial charge in [-0.15, -0.1) is 0 Å². The molecule has 2 fully saturated rings. The van der Waals surface area contributed by atoms with Gasteiger partial charge in [0, 0.05) is 12.2 Å². The summed E-state index contributed by atoms with van der Waals surface area (Å²) in [5, 5.41) is 0. The van der Waals surface area contributed by atoms with Gasteiger partial charge in [-0.05, 0) is 38.2 Å². The van der Waals surface area contributed by atoms with Crippen LogP contribution in [-0.4, -0.2) is 34.6 Å². The molecule has 1 unspecified atom stereocenters. The molecule has 0 aromatic carbocycles. The van der Waals surface area contributed by atoms with Crippen LogP contribution in [0.3, 0.4) is 0 Å². The number of hydrogen-bond donors (Lipinski definition) is 1. The fourth-order valence-corrected chi connectivity index (χ4v) is 3.06. The monoisotopic (exact) mass is 248 g/mol. The van der Waals surface area contributed by atoms with Crippen molar-refractivity contribution in [3.63, 3.8) is 0 Å². The summed E-state index contributed by atoms with van der Waals surface area (Å²) >= 11 is 0.887. The van der Waals surface area contributed by atoms with Crippen LogP contribution < -0.4 is 0 Å². The van der Waals surface area contributed by atoms with Crippen molar-refractivity contribution in [1.29, 1.82) is 0 Å². The molecule has 94 valence electrons. The second-order valence-corrected chi connectivity index (χ2v) is 5.51. The van der Waals surface area contributed by atoms with E-state index >= 15 is 0 Å². The van der Waals surface area contributed by atoms with Gasteiger partial charge in [0.15, 0.2) is 12.1 Å². The summed E-state index contributed by atoms with van der Waals surface area (Å²) in [7, 11) is 0. The molecule has 0 saturated carbocycles. The van der Waals surface area contributed by atoms with Gasteiger partial charge in [0.1, 0.15) is 6.10 Å². The molecule has 0 aliphatic carbocycles. The minimum absolute atomic E-state index is 0.0535. The molecule has 4 nitrogen and oxygen atoms in total. The van der Waals surface area contributed by atoms with Gasteiger partial charge in [-0.25, -0.2) is 0 Å². The second kappa shape index (κ2) is 4.82. The zero-order chi connectivity index (χ0) is 11.8. The molecular weight excluding hydrogens is 228 g/mol. The van der Waals surface area contributed by atoms with Crippen LogP contribution >= 0.6 is 12.0 Å². The summed E-state index contributed by atoms with van der Waals surface area (Å²) in [5.41, 5.74) is 0. The Morgan fingerprint density at radius 1 is 1.44 bits per heavy atom. The van der Waals surface area contributed by atoms with E-state index in [4.69, 9.17) is 18.8 Å². The Morgan fingerprint density at radius 2 is 2.19 bits per heavy atom. The third-order valence-electron chi connectivity index (χ3n) is 3.25. The van der Waals surface area contributed by atoms with Crippen LogP contribution in [0.4, 0.5) is 0 Å². The summed E-state index contributed by atoms with van der Waals surface area (Å²) in [5.74, 6) is 0.563. The third-order valence-corrected chi connectivity index (χ3v) is 3.83. The largest absolute Gasteiger partial charge is 0.346 e. The zero-order valence-corrected chi connectivity index (χ0v) is 10.8. The van der Waals surface area contributed by atoms with E-state index in [2.05, 4.69) is 6.92 Å². The van der Waals surface area contributed by atoms with E-state index in [1.54, 1.807) is 0 Å². The maximum absolute atomic E-state index is 8.91. The van der Waals surface area contributed by atoms with Crippen molar-refractivity contribution < 1.29 is 18.8 Å². The summed E-state index contributed by atoms with van der Waals surface area (Å²) in [6, 6.07) is 0. The maximum atomic E-state index is 8.91. The van der Waals surface area contributed by atoms with E-state index in [-0.39, 0.29) is 18.5 Å². The van der Waals surface area contributed by atoms with Gasteiger partial charge in [0.05, 0.1) is 6.10 Å². The number of ether oxygens (including phenoxy) is 3. The van der Waals surface area contributed by atoms with Gasteiger partial charge in [0.2, 0.25) is 0 Å². The standard InChI is InChI=1S/C11H20O4S/c1-4-7(6-16-12)8-5-9-10(13-8)15-11(2,3)14-9/h7-10,12H,4-6H2,1-3H3/t7?,8-,9+,10+/m0/s1. The van der Waals surface area contributed by atoms with Crippen molar-refractivity contribution in [2.24, 2.45) is 5.92 Å². The molecule has 2 aliphatic rings. The Bertz CT molecular complexity index is 230. The summed E-state index contributed by atoms with van der Waals surface area (Å²) in [6.45, 7) is 5.93. The highest BCUT2D eigenvalue weighted by molar-refractivity contribution is 7.93. The molecule has 0 spiro atoms. The number of fused-ring (bicyclic) bond motifs is 1. The van der Waals surface area contributed by atoms with Crippen LogP contribution in [-0.2, 0) is 14.2 Å². The van der Waals surface area contributed by atoms with Gasteiger partial charge in [-0.3, -0.25) is 0 Å². The van der Waals surface area contributed by atoms with Crippen molar-refractivity contribution in [3.05, 3.63) is 0 Å². The lowest BCUT2D eigenvalue weighted by Crippen LogP contribution is -2.28. The van der Waals surface area contributed by atoms with Crippen LogP contribution in [0.25, 0.3) is 0 Å². The molecule has 4 atom stereocenters. The molecular formula is C11H20O4S. The highest BCUT2D eigenvalue weighted by Gasteiger charge is 2.49. The Kier molecular flexibility index (Phi) is 3.81. The molecule has 0 aromatic rings. The van der Waals surface area contributed by atoms with E-state index in [9.17, 15) is 0 Å². The lowest BCUT2D eigenvalue weighted by Gasteiger charge is -2.24. The van der Waals surface area contributed by atoms with Crippen LogP contribution in [0.2, 0.25) is 0 Å². The maximum Gasteiger partial charge on any atom is 0.187 e. The Balaban J connectivity index is 1.90. The Hall–Kier alpha value is 0.190. The average molecular weight is 248 g/mol. The summed E-state index contributed by atoms with van der Waals surface area (Å²) < 4.78 is 26.2. The van der Waals surface area contributed by atoms with Gasteiger partial charge in [-0.2, -0.15) is 0 Å². The van der Waals surface area contributed by atoms with E-state index in [0.717, 1.165) is 24.9 Å². The first-order chi connectivity index (χ1) is 7.55. The molecule has 2 heterocycles. The smallest absolute Gasteiger partial charge is 0.187 e. The first-order valence-corrected chi connectivity index (χ1v) is 6.77. The predicted molar refractivity (Wildman–Crippen MR) is 62.2 cm³/mol. The van der Waals surface area contributed by atoms with E-state index in [1.165, 1.54) is 0 Å². The molecule has 0 bridgehead atoms. The van der Waals surface area contributed by atoms with Gasteiger partial charge >= 0.3 is 0 Å². The van der Waals surface area contributed by atoms with E-state index < -0.39 is 5.79 Å². The number of hydrogen-bond acceptors (Lipinski definition) is 5. The normalized spacial score (nSPS) is 38.6. The van der Waals surface area contributed by atoms with Crippen molar-refractivity contribution >= 4 is 12.0 Å². The number of rotatable bonds is 4. The highest BCUT2D eigenvalue weighted by atomic mass is 32.2. The third kappa shape index (κ3) is 2.54. The lowest BCUT2D eigenvalue weighted by molar-refractivity contribution is -0.209. The van der Waals surface area contributed by atoms with Crippen molar-refractivity contribution in [3.8, 4) is 0 Å². The molecule has 2 saturated heterocycles. The first-order valence-electron chi connectivity index (χ1n) is 5.83. The molecule has 0 amide bonds. The first kappa shape index (κ1) is 12.6. The highest BCUT2D eigenvalue weighted by Crippen LogP contribution is 2.39. The fraction of sp³-hybridized carbons (Fsp3) is 1.00. The Labute approximate surface area is 101 Å². The second-order valence-electron chi connectivity index (χ2n) is 4.92. The van der Waals surface area contributed by atoms with Crippen LogP contribution in [0, 0.1) is 5.92 Å². The topological polar surface area (TPSA) is 47.9 Å². The molecule has 0 aromatic heterocycles. The van der Waals surface area contributed by atoms with Crippen LogP contribution in [0.1, 0.15) is 33.6 Å². The van der Waals surface area contributed by atoms with Gasteiger partial charge in [0.25, 0.3) is 0 Å².